The SMILES string of the molecule is CC1(C)CC1NC(=O)N1CCCCC1CCC(=O)O. The summed E-state index contributed by atoms with van der Waals surface area (Å²) >= 11 is 0. The number of carboxylic acid groups (broad SMARTS) is 1. The Morgan fingerprint density at radius 2 is 2.05 bits per heavy atom. The molecule has 1 aliphatic carbocycles. The van der Waals surface area contributed by atoms with E-state index < -0.39 is 5.97 Å². The van der Waals surface area contributed by atoms with Gasteiger partial charge in [-0.15, -0.1) is 0 Å². The Bertz CT molecular complexity index is 368. The van der Waals surface area contributed by atoms with Crippen molar-refractivity contribution in [1.29, 1.82) is 0 Å². The number of nitrogens with zero attached hydrogens (tertiary/aromatic N) is 1. The standard InChI is InChI=1S/C14H24N2O3/c1-14(2)9-11(14)15-13(19)16-8-4-3-5-10(16)6-7-12(17)18/h10-11H,3-9H2,1-2H3,(H,15,19)(H,17,18). The Balaban J connectivity index is 1.87. The molecule has 1 heterocycles. The van der Waals surface area contributed by atoms with E-state index in [4.69, 9.17) is 5.11 Å². The lowest BCUT2D eigenvalue weighted by atomic mass is 9.98. The zero-order chi connectivity index (χ0) is 14.0. The number of piperidine rings is 1. The van der Waals surface area contributed by atoms with Crippen molar-refractivity contribution in [2.24, 2.45) is 5.41 Å². The minimum absolute atomic E-state index is 0.00864. The molecule has 0 aromatic carbocycles. The quantitative estimate of drug-likeness (QED) is 0.821. The van der Waals surface area contributed by atoms with Gasteiger partial charge in [0.05, 0.1) is 0 Å². The first kappa shape index (κ1) is 14.2. The van der Waals surface area contributed by atoms with Crippen LogP contribution in [0.15, 0.2) is 0 Å². The number of aliphatic carboxylic acids is 1. The van der Waals surface area contributed by atoms with Crippen LogP contribution >= 0.6 is 0 Å². The maximum Gasteiger partial charge on any atom is 0.317 e. The van der Waals surface area contributed by atoms with Gasteiger partial charge in [-0.3, -0.25) is 4.79 Å². The van der Waals surface area contributed by atoms with Crippen LogP contribution in [0.3, 0.4) is 0 Å². The smallest absolute Gasteiger partial charge is 0.317 e. The topological polar surface area (TPSA) is 69.6 Å². The molecule has 1 aliphatic heterocycles. The van der Waals surface area contributed by atoms with Gasteiger partial charge in [-0.1, -0.05) is 13.8 Å². The second kappa shape index (κ2) is 5.39. The van der Waals surface area contributed by atoms with E-state index >= 15 is 0 Å². The Morgan fingerprint density at radius 3 is 2.63 bits per heavy atom. The summed E-state index contributed by atoms with van der Waals surface area (Å²) in [6.45, 7) is 5.05. The average molecular weight is 268 g/mol. The van der Waals surface area contributed by atoms with Crippen LogP contribution in [-0.4, -0.2) is 40.6 Å². The Hall–Kier alpha value is -1.26. The number of amides is 2. The van der Waals surface area contributed by atoms with Crippen molar-refractivity contribution in [3.8, 4) is 0 Å². The van der Waals surface area contributed by atoms with Crippen molar-refractivity contribution < 1.29 is 14.7 Å². The zero-order valence-corrected chi connectivity index (χ0v) is 11.8. The molecule has 2 rings (SSSR count). The van der Waals surface area contributed by atoms with Crippen LogP contribution in [0, 0.1) is 5.41 Å². The number of rotatable bonds is 4. The highest BCUT2D eigenvalue weighted by Gasteiger charge is 2.47. The maximum atomic E-state index is 12.3. The molecule has 2 unspecified atom stereocenters. The molecule has 2 N–H and O–H groups in total. The van der Waals surface area contributed by atoms with E-state index in [9.17, 15) is 9.59 Å². The summed E-state index contributed by atoms with van der Waals surface area (Å²) in [6.07, 6.45) is 4.77. The second-order valence-electron chi connectivity index (χ2n) is 6.47. The summed E-state index contributed by atoms with van der Waals surface area (Å²) in [5, 5.41) is 11.8. The number of likely N-dealkylation sites (tertiary alicyclic amines) is 1. The molecule has 5 nitrogen and oxygen atoms in total. The molecule has 0 aromatic rings. The number of carbonyl (C=O) groups excluding carboxylic acids is 1. The Morgan fingerprint density at radius 1 is 1.37 bits per heavy atom. The molecule has 0 aromatic heterocycles. The van der Waals surface area contributed by atoms with Crippen molar-refractivity contribution in [1.82, 2.24) is 10.2 Å². The number of hydrogen-bond donors (Lipinski definition) is 2. The van der Waals surface area contributed by atoms with Crippen molar-refractivity contribution in [2.75, 3.05) is 6.54 Å². The van der Waals surface area contributed by atoms with E-state index in [1.165, 1.54) is 0 Å². The predicted molar refractivity (Wildman–Crippen MR) is 71.9 cm³/mol. The summed E-state index contributed by atoms with van der Waals surface area (Å²) in [5.41, 5.74) is 0.224. The van der Waals surface area contributed by atoms with E-state index in [-0.39, 0.29) is 30.0 Å². The van der Waals surface area contributed by atoms with Gasteiger partial charge in [0.25, 0.3) is 0 Å². The lowest BCUT2D eigenvalue weighted by molar-refractivity contribution is -0.137. The van der Waals surface area contributed by atoms with E-state index in [0.29, 0.717) is 6.42 Å². The molecule has 0 spiro atoms. The van der Waals surface area contributed by atoms with Gasteiger partial charge in [-0.05, 0) is 37.5 Å². The average Bonchev–Trinajstić information content (AvgIpc) is 2.94. The van der Waals surface area contributed by atoms with Crippen LogP contribution in [0.1, 0.15) is 52.4 Å². The van der Waals surface area contributed by atoms with Gasteiger partial charge in [0.1, 0.15) is 0 Å². The monoisotopic (exact) mass is 268 g/mol. The first-order chi connectivity index (χ1) is 8.90. The van der Waals surface area contributed by atoms with Crippen molar-refractivity contribution >= 4 is 12.0 Å². The van der Waals surface area contributed by atoms with Gasteiger partial charge in [0, 0.05) is 25.0 Å². The van der Waals surface area contributed by atoms with Crippen molar-refractivity contribution in [3.05, 3.63) is 0 Å². The molecule has 2 fully saturated rings. The Kier molecular flexibility index (Phi) is 4.02. The summed E-state index contributed by atoms with van der Waals surface area (Å²) in [7, 11) is 0. The number of hydrogen-bond acceptors (Lipinski definition) is 2. The molecule has 5 heteroatoms. The summed E-state index contributed by atoms with van der Waals surface area (Å²) in [6, 6.07) is 0.361. The highest BCUT2D eigenvalue weighted by Crippen LogP contribution is 2.44. The minimum atomic E-state index is -0.783. The third kappa shape index (κ3) is 3.61. The summed E-state index contributed by atoms with van der Waals surface area (Å²) in [4.78, 5) is 24.8. The lowest BCUT2D eigenvalue weighted by Gasteiger charge is -2.35. The van der Waals surface area contributed by atoms with E-state index in [1.54, 1.807) is 0 Å². The fourth-order valence-electron chi connectivity index (χ4n) is 2.80. The molecular formula is C14H24N2O3. The highest BCUT2D eigenvalue weighted by molar-refractivity contribution is 5.75. The zero-order valence-electron chi connectivity index (χ0n) is 11.8. The van der Waals surface area contributed by atoms with Gasteiger partial charge in [-0.25, -0.2) is 4.79 Å². The normalized spacial score (nSPS) is 28.8. The minimum Gasteiger partial charge on any atom is -0.481 e. The van der Waals surface area contributed by atoms with E-state index in [0.717, 1.165) is 32.2 Å². The van der Waals surface area contributed by atoms with Crippen LogP contribution in [0.2, 0.25) is 0 Å². The molecule has 0 radical (unpaired) electrons. The van der Waals surface area contributed by atoms with Gasteiger partial charge < -0.3 is 15.3 Å². The first-order valence-electron chi connectivity index (χ1n) is 7.19. The van der Waals surface area contributed by atoms with Crippen molar-refractivity contribution in [2.45, 2.75) is 64.5 Å². The number of nitrogens with one attached hydrogen (secondary N) is 1. The number of urea groups is 1. The van der Waals surface area contributed by atoms with Crippen LogP contribution in [0.25, 0.3) is 0 Å². The Labute approximate surface area is 114 Å². The first-order valence-corrected chi connectivity index (χ1v) is 7.19. The molecular weight excluding hydrogens is 244 g/mol. The molecule has 2 amide bonds. The molecule has 1 saturated carbocycles. The molecule has 19 heavy (non-hydrogen) atoms. The van der Waals surface area contributed by atoms with Crippen LogP contribution < -0.4 is 5.32 Å². The fourth-order valence-corrected chi connectivity index (χ4v) is 2.80. The third-order valence-electron chi connectivity index (χ3n) is 4.39. The van der Waals surface area contributed by atoms with Gasteiger partial charge >= 0.3 is 12.0 Å². The molecule has 108 valence electrons. The molecule has 0 bridgehead atoms. The fraction of sp³-hybridized carbons (Fsp3) is 0.857. The maximum absolute atomic E-state index is 12.3. The van der Waals surface area contributed by atoms with E-state index in [1.807, 2.05) is 4.90 Å². The van der Waals surface area contributed by atoms with Gasteiger partial charge in [0.2, 0.25) is 0 Å². The van der Waals surface area contributed by atoms with Gasteiger partial charge in [-0.2, -0.15) is 0 Å². The van der Waals surface area contributed by atoms with Crippen LogP contribution in [0.4, 0.5) is 4.79 Å². The number of carbonyl (C=O) groups is 2. The van der Waals surface area contributed by atoms with Crippen LogP contribution in [0.5, 0.6) is 0 Å². The lowest BCUT2D eigenvalue weighted by Crippen LogP contribution is -2.49. The molecule has 1 saturated heterocycles. The summed E-state index contributed by atoms with van der Waals surface area (Å²) < 4.78 is 0. The predicted octanol–water partition coefficient (Wildman–Crippen LogP) is 2.21. The van der Waals surface area contributed by atoms with Gasteiger partial charge in [0.15, 0.2) is 0 Å². The molecule has 2 aliphatic rings. The second-order valence-corrected chi connectivity index (χ2v) is 6.47. The highest BCUT2D eigenvalue weighted by atomic mass is 16.4. The van der Waals surface area contributed by atoms with Crippen molar-refractivity contribution in [3.63, 3.8) is 0 Å². The largest absolute Gasteiger partial charge is 0.481 e. The number of carboxylic acids is 1. The molecule has 2 atom stereocenters. The van der Waals surface area contributed by atoms with Crippen LogP contribution in [-0.2, 0) is 4.79 Å². The third-order valence-corrected chi connectivity index (χ3v) is 4.39. The van der Waals surface area contributed by atoms with E-state index in [2.05, 4.69) is 19.2 Å². The summed E-state index contributed by atoms with van der Waals surface area (Å²) in [5.74, 6) is -0.783.